The van der Waals surface area contributed by atoms with E-state index in [2.05, 4.69) is 0 Å². The molecule has 5 nitrogen and oxygen atoms in total. The number of carbonyl (C=O) groups is 2. The molecule has 0 aliphatic heterocycles. The first kappa shape index (κ1) is 14.6. The number of nitrogens with two attached hydrogens (primary N) is 2. The topological polar surface area (TPSA) is 95.4 Å². The number of rotatable bonds is 2. The molecular weight excluding hydrogens is 268 g/mol. The molecule has 0 bridgehead atoms. The van der Waals surface area contributed by atoms with Crippen LogP contribution >= 0.6 is 0 Å². The Morgan fingerprint density at radius 1 is 0.810 bits per heavy atom. The van der Waals surface area contributed by atoms with E-state index in [0.717, 1.165) is 0 Å². The molecule has 2 aromatic rings. The van der Waals surface area contributed by atoms with E-state index in [9.17, 15) is 9.59 Å². The van der Waals surface area contributed by atoms with E-state index in [1.54, 1.807) is 38.1 Å². The second-order valence-corrected chi connectivity index (χ2v) is 4.83. The number of benzene rings is 2. The van der Waals surface area contributed by atoms with Crippen molar-refractivity contribution in [3.05, 3.63) is 58.7 Å². The van der Waals surface area contributed by atoms with Gasteiger partial charge in [0.25, 0.3) is 0 Å². The summed E-state index contributed by atoms with van der Waals surface area (Å²) in [6.45, 7) is 3.46. The fraction of sp³-hybridized carbons (Fsp3) is 0.125. The molecule has 4 N–H and O–H groups in total. The quantitative estimate of drug-likeness (QED) is 0.502. The van der Waals surface area contributed by atoms with Gasteiger partial charge in [-0.1, -0.05) is 0 Å². The van der Waals surface area contributed by atoms with Crippen LogP contribution in [0.25, 0.3) is 0 Å². The van der Waals surface area contributed by atoms with Gasteiger partial charge in [0.1, 0.15) is 0 Å². The molecule has 0 saturated heterocycles. The van der Waals surface area contributed by atoms with Crippen LogP contribution in [0.2, 0.25) is 0 Å². The Labute approximate surface area is 122 Å². The third kappa shape index (κ3) is 3.20. The molecular formula is C16H16N2O3. The van der Waals surface area contributed by atoms with E-state index in [0.29, 0.717) is 33.6 Å². The maximum Gasteiger partial charge on any atom is 0.346 e. The fourth-order valence-electron chi connectivity index (χ4n) is 2.03. The van der Waals surface area contributed by atoms with E-state index < -0.39 is 11.9 Å². The van der Waals surface area contributed by atoms with Gasteiger partial charge in [0.05, 0.1) is 11.1 Å². The van der Waals surface area contributed by atoms with Crippen LogP contribution in [0.4, 0.5) is 11.4 Å². The van der Waals surface area contributed by atoms with Gasteiger partial charge >= 0.3 is 11.9 Å². The van der Waals surface area contributed by atoms with Crippen LogP contribution in [-0.4, -0.2) is 11.9 Å². The van der Waals surface area contributed by atoms with E-state index in [4.69, 9.17) is 16.2 Å². The molecule has 0 aromatic heterocycles. The molecule has 0 saturated carbocycles. The summed E-state index contributed by atoms with van der Waals surface area (Å²) in [5.41, 5.74) is 14.3. The second kappa shape index (κ2) is 5.66. The molecule has 21 heavy (non-hydrogen) atoms. The van der Waals surface area contributed by atoms with E-state index in [-0.39, 0.29) is 0 Å². The minimum Gasteiger partial charge on any atom is -0.399 e. The van der Waals surface area contributed by atoms with Crippen LogP contribution in [0, 0.1) is 13.8 Å². The van der Waals surface area contributed by atoms with Crippen molar-refractivity contribution in [1.82, 2.24) is 0 Å². The van der Waals surface area contributed by atoms with Crippen LogP contribution in [0.3, 0.4) is 0 Å². The standard InChI is InChI=1S/C16H16N2O3/c1-9-7-11(17)3-5-13(9)15(19)21-16(20)14-6-4-12(18)8-10(14)2/h3-8H,17-18H2,1-2H3. The van der Waals surface area contributed by atoms with E-state index in [1.165, 1.54) is 12.1 Å². The van der Waals surface area contributed by atoms with Crippen molar-refractivity contribution in [2.24, 2.45) is 0 Å². The van der Waals surface area contributed by atoms with Gasteiger partial charge in [-0.2, -0.15) is 0 Å². The maximum absolute atomic E-state index is 12.0. The predicted octanol–water partition coefficient (Wildman–Crippen LogP) is 2.47. The van der Waals surface area contributed by atoms with Crippen molar-refractivity contribution >= 4 is 23.3 Å². The number of aryl methyl sites for hydroxylation is 2. The summed E-state index contributed by atoms with van der Waals surface area (Å²) in [7, 11) is 0. The van der Waals surface area contributed by atoms with Gasteiger partial charge in [0, 0.05) is 11.4 Å². The molecule has 0 fully saturated rings. The first-order valence-electron chi connectivity index (χ1n) is 6.37. The van der Waals surface area contributed by atoms with Gasteiger partial charge in [-0.25, -0.2) is 9.59 Å². The first-order chi connectivity index (χ1) is 9.88. The number of hydrogen-bond donors (Lipinski definition) is 2. The molecule has 0 heterocycles. The van der Waals surface area contributed by atoms with Crippen molar-refractivity contribution in [3.8, 4) is 0 Å². The average molecular weight is 284 g/mol. The average Bonchev–Trinajstić information content (AvgIpc) is 2.37. The molecule has 108 valence electrons. The smallest absolute Gasteiger partial charge is 0.346 e. The van der Waals surface area contributed by atoms with Crippen LogP contribution in [0.5, 0.6) is 0 Å². The van der Waals surface area contributed by atoms with Crippen molar-refractivity contribution in [1.29, 1.82) is 0 Å². The molecule has 0 amide bonds. The zero-order chi connectivity index (χ0) is 15.6. The van der Waals surface area contributed by atoms with Crippen LogP contribution < -0.4 is 11.5 Å². The molecule has 0 unspecified atom stereocenters. The Morgan fingerprint density at radius 3 is 1.52 bits per heavy atom. The second-order valence-electron chi connectivity index (χ2n) is 4.83. The molecule has 0 atom stereocenters. The number of ether oxygens (including phenoxy) is 1. The number of anilines is 2. The number of carbonyl (C=O) groups excluding carboxylic acids is 2. The van der Waals surface area contributed by atoms with E-state index in [1.807, 2.05) is 0 Å². The van der Waals surface area contributed by atoms with Crippen molar-refractivity contribution in [3.63, 3.8) is 0 Å². The number of nitrogen functional groups attached to an aromatic ring is 2. The van der Waals surface area contributed by atoms with Gasteiger partial charge in [0.2, 0.25) is 0 Å². The highest BCUT2D eigenvalue weighted by atomic mass is 16.6. The van der Waals surface area contributed by atoms with Crippen LogP contribution in [0.1, 0.15) is 31.8 Å². The summed E-state index contributed by atoms with van der Waals surface area (Å²) in [5, 5.41) is 0. The minimum atomic E-state index is -0.700. The molecule has 0 aliphatic rings. The van der Waals surface area contributed by atoms with Crippen LogP contribution in [-0.2, 0) is 4.74 Å². The Bertz CT molecular complexity index is 662. The Morgan fingerprint density at radius 2 is 1.19 bits per heavy atom. The molecule has 5 heteroatoms. The zero-order valence-electron chi connectivity index (χ0n) is 11.8. The van der Waals surface area contributed by atoms with Crippen molar-refractivity contribution in [2.45, 2.75) is 13.8 Å². The summed E-state index contributed by atoms with van der Waals surface area (Å²) in [4.78, 5) is 24.1. The largest absolute Gasteiger partial charge is 0.399 e. The van der Waals surface area contributed by atoms with Gasteiger partial charge in [-0.05, 0) is 61.4 Å². The SMILES string of the molecule is Cc1cc(N)ccc1C(=O)OC(=O)c1ccc(N)cc1C. The minimum absolute atomic E-state index is 0.311. The molecule has 2 aromatic carbocycles. The van der Waals surface area contributed by atoms with Gasteiger partial charge in [-0.3, -0.25) is 0 Å². The first-order valence-corrected chi connectivity index (χ1v) is 6.37. The zero-order valence-corrected chi connectivity index (χ0v) is 11.8. The lowest BCUT2D eigenvalue weighted by atomic mass is 10.1. The summed E-state index contributed by atoms with van der Waals surface area (Å²) in [5.74, 6) is -1.40. The lowest BCUT2D eigenvalue weighted by Crippen LogP contribution is -2.15. The van der Waals surface area contributed by atoms with Crippen molar-refractivity contribution < 1.29 is 14.3 Å². The van der Waals surface area contributed by atoms with Gasteiger partial charge in [0.15, 0.2) is 0 Å². The third-order valence-electron chi connectivity index (χ3n) is 3.13. The highest BCUT2D eigenvalue weighted by Gasteiger charge is 2.18. The molecule has 0 spiro atoms. The highest BCUT2D eigenvalue weighted by molar-refractivity contribution is 6.04. The summed E-state index contributed by atoms with van der Waals surface area (Å²) < 4.78 is 4.90. The lowest BCUT2D eigenvalue weighted by Gasteiger charge is -2.08. The van der Waals surface area contributed by atoms with Crippen LogP contribution in [0.15, 0.2) is 36.4 Å². The Hall–Kier alpha value is -2.82. The number of esters is 2. The fourth-order valence-corrected chi connectivity index (χ4v) is 2.03. The van der Waals surface area contributed by atoms with Gasteiger partial charge < -0.3 is 16.2 Å². The Kier molecular flexibility index (Phi) is 3.93. The molecule has 2 rings (SSSR count). The summed E-state index contributed by atoms with van der Waals surface area (Å²) >= 11 is 0. The van der Waals surface area contributed by atoms with Crippen molar-refractivity contribution in [2.75, 3.05) is 11.5 Å². The summed E-state index contributed by atoms with van der Waals surface area (Å²) in [6.07, 6.45) is 0. The lowest BCUT2D eigenvalue weighted by molar-refractivity contribution is 0.0397. The molecule has 0 aliphatic carbocycles. The molecule has 0 radical (unpaired) electrons. The summed E-state index contributed by atoms with van der Waals surface area (Å²) in [6, 6.07) is 9.54. The Balaban J connectivity index is 2.21. The predicted molar refractivity (Wildman–Crippen MR) is 80.9 cm³/mol. The van der Waals surface area contributed by atoms with E-state index >= 15 is 0 Å². The normalized spacial score (nSPS) is 10.2. The third-order valence-corrected chi connectivity index (χ3v) is 3.13. The van der Waals surface area contributed by atoms with Gasteiger partial charge in [-0.15, -0.1) is 0 Å². The maximum atomic E-state index is 12.0. The highest BCUT2D eigenvalue weighted by Crippen LogP contribution is 2.17. The monoisotopic (exact) mass is 284 g/mol. The number of hydrogen-bond acceptors (Lipinski definition) is 5.